The highest BCUT2D eigenvalue weighted by Gasteiger charge is 2.01. The number of hydrogen-bond donors (Lipinski definition) is 1. The second-order valence-electron chi connectivity index (χ2n) is 4.74. The molecule has 0 atom stereocenters. The fourth-order valence-corrected chi connectivity index (χ4v) is 3.35. The number of benzene rings is 3. The molecule has 110 valence electrons. The first-order chi connectivity index (χ1) is 10.7. The monoisotopic (exact) mass is 326 g/mol. The zero-order valence-corrected chi connectivity index (χ0v) is 13.4. The average molecular weight is 326 g/mol. The van der Waals surface area contributed by atoms with Crippen molar-refractivity contribution in [3.63, 3.8) is 0 Å². The van der Waals surface area contributed by atoms with E-state index in [0.29, 0.717) is 4.90 Å². The van der Waals surface area contributed by atoms with Gasteiger partial charge in [0, 0.05) is 9.79 Å². The molecular formula is C18H14O2S2. The zero-order valence-electron chi connectivity index (χ0n) is 11.7. The van der Waals surface area contributed by atoms with Crippen LogP contribution in [-0.4, -0.2) is 8.42 Å². The third-order valence-corrected chi connectivity index (χ3v) is 4.98. The van der Waals surface area contributed by atoms with Crippen LogP contribution in [0.15, 0.2) is 93.5 Å². The number of thiol groups is 1. The Balaban J connectivity index is 1.79. The summed E-state index contributed by atoms with van der Waals surface area (Å²) in [5.41, 5.74) is 2.09. The maximum Gasteiger partial charge on any atom is 0.168 e. The summed E-state index contributed by atoms with van der Waals surface area (Å²) >= 11 is 1.72. The van der Waals surface area contributed by atoms with E-state index in [-0.39, 0.29) is 0 Å². The van der Waals surface area contributed by atoms with Gasteiger partial charge in [0.05, 0.1) is 4.90 Å². The Labute approximate surface area is 135 Å². The van der Waals surface area contributed by atoms with E-state index in [1.165, 1.54) is 9.79 Å². The van der Waals surface area contributed by atoms with Crippen LogP contribution in [0.5, 0.6) is 0 Å². The van der Waals surface area contributed by atoms with Crippen LogP contribution in [-0.2, 0) is 10.7 Å². The van der Waals surface area contributed by atoms with Crippen molar-refractivity contribution in [3.05, 3.63) is 78.9 Å². The molecule has 0 amide bonds. The molecule has 0 N–H and O–H groups in total. The second-order valence-corrected chi connectivity index (χ2v) is 6.92. The summed E-state index contributed by atoms with van der Waals surface area (Å²) in [5.74, 6) is 0. The van der Waals surface area contributed by atoms with Gasteiger partial charge in [-0.15, -0.1) is 0 Å². The molecule has 0 aliphatic heterocycles. The fraction of sp³-hybridized carbons (Fsp3) is 0. The van der Waals surface area contributed by atoms with Crippen LogP contribution in [0.3, 0.4) is 0 Å². The van der Waals surface area contributed by atoms with Gasteiger partial charge in [0.25, 0.3) is 0 Å². The molecular weight excluding hydrogens is 312 g/mol. The summed E-state index contributed by atoms with van der Waals surface area (Å²) in [7, 11) is -2.51. The third kappa shape index (κ3) is 3.59. The van der Waals surface area contributed by atoms with Gasteiger partial charge in [-0.05, 0) is 47.5 Å². The molecule has 0 saturated carbocycles. The fourth-order valence-electron chi connectivity index (χ4n) is 2.12. The van der Waals surface area contributed by atoms with Crippen molar-refractivity contribution in [1.29, 1.82) is 0 Å². The molecule has 22 heavy (non-hydrogen) atoms. The first-order valence-corrected chi connectivity index (χ1v) is 8.79. The lowest BCUT2D eigenvalue weighted by molar-refractivity contribution is 0.614. The summed E-state index contributed by atoms with van der Waals surface area (Å²) in [5, 5.41) is 0. The highest BCUT2D eigenvalue weighted by Crippen LogP contribution is 2.29. The van der Waals surface area contributed by atoms with Crippen molar-refractivity contribution >= 4 is 22.5 Å². The minimum atomic E-state index is -2.51. The topological polar surface area (TPSA) is 34.1 Å². The molecule has 0 saturated heterocycles. The van der Waals surface area contributed by atoms with Crippen molar-refractivity contribution in [3.8, 4) is 11.1 Å². The summed E-state index contributed by atoms with van der Waals surface area (Å²) in [6, 6.07) is 25.4. The molecule has 0 unspecified atom stereocenters. The van der Waals surface area contributed by atoms with Gasteiger partial charge in [0.15, 0.2) is 10.7 Å². The van der Waals surface area contributed by atoms with E-state index in [2.05, 4.69) is 36.4 Å². The molecule has 4 heteroatoms. The highest BCUT2D eigenvalue weighted by molar-refractivity contribution is 7.99. The first kappa shape index (κ1) is 14.9. The van der Waals surface area contributed by atoms with E-state index in [1.54, 1.807) is 23.9 Å². The van der Waals surface area contributed by atoms with Gasteiger partial charge >= 0.3 is 0 Å². The number of hydrogen-bond acceptors (Lipinski definition) is 3. The van der Waals surface area contributed by atoms with Gasteiger partial charge in [-0.1, -0.05) is 54.2 Å². The van der Waals surface area contributed by atoms with Gasteiger partial charge in [0.2, 0.25) is 0 Å². The van der Waals surface area contributed by atoms with Gasteiger partial charge < -0.3 is 0 Å². The molecule has 3 aromatic carbocycles. The highest BCUT2D eigenvalue weighted by atomic mass is 32.2. The maximum atomic E-state index is 10.9. The Kier molecular flexibility index (Phi) is 4.61. The molecule has 0 aromatic heterocycles. The van der Waals surface area contributed by atoms with Crippen LogP contribution in [0.4, 0.5) is 0 Å². The first-order valence-electron chi connectivity index (χ1n) is 6.80. The van der Waals surface area contributed by atoms with Gasteiger partial charge in [0.1, 0.15) is 0 Å². The molecule has 2 nitrogen and oxygen atoms in total. The van der Waals surface area contributed by atoms with E-state index in [0.717, 1.165) is 11.1 Å². The molecule has 0 radical (unpaired) electrons. The normalized spacial score (nSPS) is 10.8. The molecule has 0 bridgehead atoms. The van der Waals surface area contributed by atoms with Crippen LogP contribution in [0.25, 0.3) is 11.1 Å². The summed E-state index contributed by atoms with van der Waals surface area (Å²) in [6.07, 6.45) is 0. The molecule has 0 aliphatic carbocycles. The minimum absolute atomic E-state index is 0.343. The van der Waals surface area contributed by atoms with Crippen molar-refractivity contribution in [2.75, 3.05) is 0 Å². The zero-order chi connectivity index (χ0) is 15.4. The molecule has 3 aromatic rings. The van der Waals surface area contributed by atoms with E-state index in [4.69, 9.17) is 0 Å². The Morgan fingerprint density at radius 1 is 0.591 bits per heavy atom. The van der Waals surface area contributed by atoms with Crippen LogP contribution < -0.4 is 0 Å². The van der Waals surface area contributed by atoms with E-state index < -0.39 is 10.7 Å². The van der Waals surface area contributed by atoms with Crippen molar-refractivity contribution in [2.45, 2.75) is 14.7 Å². The summed E-state index contributed by atoms with van der Waals surface area (Å²) < 4.78 is 21.8. The standard InChI is InChI=1S/C18H14O2S2/c19-22(20)18-12-8-15(9-13-18)14-6-10-17(11-7-14)21-16-4-2-1-3-5-16/h1-13,22H. The van der Waals surface area contributed by atoms with E-state index in [1.807, 2.05) is 30.3 Å². The van der Waals surface area contributed by atoms with Crippen molar-refractivity contribution in [1.82, 2.24) is 0 Å². The Bertz CT molecular complexity index is 813. The van der Waals surface area contributed by atoms with Gasteiger partial charge in [-0.2, -0.15) is 0 Å². The SMILES string of the molecule is O=[SH](=O)c1ccc(-c2ccc(Sc3ccccc3)cc2)cc1. The number of rotatable bonds is 4. The smallest absolute Gasteiger partial charge is 0.168 e. The largest absolute Gasteiger partial charge is 0.227 e. The van der Waals surface area contributed by atoms with Gasteiger partial charge in [-0.3, -0.25) is 0 Å². The molecule has 0 heterocycles. The lowest BCUT2D eigenvalue weighted by Gasteiger charge is -2.05. The molecule has 0 aliphatic rings. The Morgan fingerprint density at radius 3 is 1.64 bits per heavy atom. The molecule has 3 rings (SSSR count). The molecule has 0 spiro atoms. The van der Waals surface area contributed by atoms with Crippen molar-refractivity contribution < 1.29 is 8.42 Å². The third-order valence-electron chi connectivity index (χ3n) is 3.24. The van der Waals surface area contributed by atoms with E-state index >= 15 is 0 Å². The van der Waals surface area contributed by atoms with Crippen LogP contribution in [0.2, 0.25) is 0 Å². The minimum Gasteiger partial charge on any atom is -0.227 e. The maximum absolute atomic E-state index is 10.9. The summed E-state index contributed by atoms with van der Waals surface area (Å²) in [4.78, 5) is 2.73. The summed E-state index contributed by atoms with van der Waals surface area (Å²) in [6.45, 7) is 0. The lowest BCUT2D eigenvalue weighted by atomic mass is 10.1. The Hall–Kier alpha value is -2.04. The predicted molar refractivity (Wildman–Crippen MR) is 91.0 cm³/mol. The quantitative estimate of drug-likeness (QED) is 0.718. The van der Waals surface area contributed by atoms with Crippen molar-refractivity contribution in [2.24, 2.45) is 0 Å². The molecule has 0 fully saturated rings. The Morgan fingerprint density at radius 2 is 1.09 bits per heavy atom. The average Bonchev–Trinajstić information content (AvgIpc) is 2.57. The van der Waals surface area contributed by atoms with E-state index in [9.17, 15) is 8.42 Å². The lowest BCUT2D eigenvalue weighted by Crippen LogP contribution is -1.82. The second kappa shape index (κ2) is 6.81. The van der Waals surface area contributed by atoms with Crippen LogP contribution in [0, 0.1) is 0 Å². The van der Waals surface area contributed by atoms with Crippen LogP contribution in [0.1, 0.15) is 0 Å². The predicted octanol–water partition coefficient (Wildman–Crippen LogP) is 4.48. The van der Waals surface area contributed by atoms with Crippen LogP contribution >= 0.6 is 11.8 Å². The van der Waals surface area contributed by atoms with Gasteiger partial charge in [-0.25, -0.2) is 8.42 Å².